The second kappa shape index (κ2) is 9.52. The van der Waals surface area contributed by atoms with Crippen LogP contribution in [0.1, 0.15) is 0 Å². The molecule has 0 aliphatic rings. The Hall–Kier alpha value is -4.29. The molecule has 172 valence electrons. The third-order valence-corrected chi connectivity index (χ3v) is 5.95. The molecule has 5 aromatic rings. The lowest BCUT2D eigenvalue weighted by Crippen LogP contribution is -2.08. The van der Waals surface area contributed by atoms with Crippen LogP contribution in [0, 0.1) is 0 Å². The Labute approximate surface area is 204 Å². The van der Waals surface area contributed by atoms with Crippen molar-refractivity contribution in [3.63, 3.8) is 0 Å². The van der Waals surface area contributed by atoms with Crippen molar-refractivity contribution in [3.8, 4) is 50.6 Å². The van der Waals surface area contributed by atoms with E-state index in [0.717, 1.165) is 39.6 Å². The van der Waals surface area contributed by atoms with Crippen LogP contribution in [0.25, 0.3) is 44.8 Å². The van der Waals surface area contributed by atoms with E-state index < -0.39 is 10.1 Å². The van der Waals surface area contributed by atoms with Gasteiger partial charge in [-0.15, -0.1) is 0 Å². The maximum Gasteiger partial charge on any atom is 0.307 e. The van der Waals surface area contributed by atoms with Crippen molar-refractivity contribution < 1.29 is 12.6 Å². The van der Waals surface area contributed by atoms with Gasteiger partial charge in [-0.25, -0.2) is 9.97 Å². The van der Waals surface area contributed by atoms with Crippen molar-refractivity contribution in [2.75, 3.05) is 6.26 Å². The van der Waals surface area contributed by atoms with E-state index in [1.165, 1.54) is 6.20 Å². The standard InChI is InChI=1S/C29H22N2O3S/c1-35(32,33)34-27-20-30-28(25-16-8-14-23(18-25)21-10-4-2-5-11-21)29(31-27)26-17-9-15-24(19-26)22-12-6-3-7-13-22/h2-20H,1H3. The number of hydrogen-bond acceptors (Lipinski definition) is 5. The Morgan fingerprint density at radius 3 is 1.54 bits per heavy atom. The average molecular weight is 479 g/mol. The predicted molar refractivity (Wildman–Crippen MR) is 139 cm³/mol. The molecule has 5 rings (SSSR count). The van der Waals surface area contributed by atoms with E-state index in [2.05, 4.69) is 28.2 Å². The Balaban J connectivity index is 1.66. The van der Waals surface area contributed by atoms with Gasteiger partial charge in [0.2, 0.25) is 0 Å². The van der Waals surface area contributed by atoms with E-state index >= 15 is 0 Å². The van der Waals surface area contributed by atoms with Crippen molar-refractivity contribution >= 4 is 10.1 Å². The molecule has 6 heteroatoms. The largest absolute Gasteiger partial charge is 0.360 e. The fourth-order valence-electron chi connectivity index (χ4n) is 3.93. The van der Waals surface area contributed by atoms with Crippen molar-refractivity contribution in [1.29, 1.82) is 0 Å². The zero-order valence-corrected chi connectivity index (χ0v) is 19.8. The van der Waals surface area contributed by atoms with Crippen LogP contribution in [0.15, 0.2) is 115 Å². The molecule has 4 aromatic carbocycles. The highest BCUT2D eigenvalue weighted by Gasteiger charge is 2.16. The summed E-state index contributed by atoms with van der Waals surface area (Å²) >= 11 is 0. The molecule has 35 heavy (non-hydrogen) atoms. The summed E-state index contributed by atoms with van der Waals surface area (Å²) in [5.41, 5.74) is 7.06. The Morgan fingerprint density at radius 1 is 0.571 bits per heavy atom. The molecule has 0 radical (unpaired) electrons. The minimum atomic E-state index is -3.75. The fraction of sp³-hybridized carbons (Fsp3) is 0.0345. The zero-order chi connectivity index (χ0) is 24.3. The van der Waals surface area contributed by atoms with E-state index in [1.807, 2.05) is 91.0 Å². The number of benzene rings is 4. The number of hydrogen-bond donors (Lipinski definition) is 0. The summed E-state index contributed by atoms with van der Waals surface area (Å²) in [5, 5.41) is 0. The fourth-order valence-corrected chi connectivity index (χ4v) is 4.32. The van der Waals surface area contributed by atoms with Crippen molar-refractivity contribution in [1.82, 2.24) is 9.97 Å². The van der Waals surface area contributed by atoms with Crippen LogP contribution >= 0.6 is 0 Å². The average Bonchev–Trinajstić information content (AvgIpc) is 2.89. The predicted octanol–water partition coefficient (Wildman–Crippen LogP) is 6.48. The molecule has 0 saturated heterocycles. The van der Waals surface area contributed by atoms with E-state index in [-0.39, 0.29) is 5.88 Å². The van der Waals surface area contributed by atoms with Gasteiger partial charge in [0.15, 0.2) is 0 Å². The number of nitrogens with zero attached hydrogens (tertiary/aromatic N) is 2. The zero-order valence-electron chi connectivity index (χ0n) is 19.0. The van der Waals surface area contributed by atoms with Crippen molar-refractivity contribution in [2.24, 2.45) is 0 Å². The van der Waals surface area contributed by atoms with Gasteiger partial charge in [-0.1, -0.05) is 97.1 Å². The first-order valence-electron chi connectivity index (χ1n) is 11.0. The summed E-state index contributed by atoms with van der Waals surface area (Å²) in [4.78, 5) is 9.17. The first-order chi connectivity index (χ1) is 17.0. The lowest BCUT2D eigenvalue weighted by Gasteiger charge is -2.13. The Kier molecular flexibility index (Phi) is 6.12. The van der Waals surface area contributed by atoms with Crippen LogP contribution in [0.2, 0.25) is 0 Å². The molecule has 0 N–H and O–H groups in total. The van der Waals surface area contributed by atoms with Crippen molar-refractivity contribution in [3.05, 3.63) is 115 Å². The maximum absolute atomic E-state index is 11.8. The van der Waals surface area contributed by atoms with Gasteiger partial charge < -0.3 is 4.18 Å². The second-order valence-corrected chi connectivity index (χ2v) is 9.66. The summed E-state index contributed by atoms with van der Waals surface area (Å²) in [5.74, 6) is -0.0735. The number of rotatable bonds is 6. The highest BCUT2D eigenvalue weighted by atomic mass is 32.2. The second-order valence-electron chi connectivity index (χ2n) is 8.09. The highest BCUT2D eigenvalue weighted by molar-refractivity contribution is 7.86. The van der Waals surface area contributed by atoms with E-state index in [1.54, 1.807) is 0 Å². The summed E-state index contributed by atoms with van der Waals surface area (Å²) < 4.78 is 28.6. The van der Waals surface area contributed by atoms with E-state index in [0.29, 0.717) is 11.4 Å². The van der Waals surface area contributed by atoms with Gasteiger partial charge in [0.05, 0.1) is 18.1 Å². The monoisotopic (exact) mass is 478 g/mol. The van der Waals surface area contributed by atoms with Gasteiger partial charge in [-0.05, 0) is 34.4 Å². The molecular formula is C29H22N2O3S. The van der Waals surface area contributed by atoms with E-state index in [9.17, 15) is 8.42 Å². The summed E-state index contributed by atoms with van der Waals surface area (Å²) in [6, 6.07) is 36.1. The first kappa shape index (κ1) is 22.5. The van der Waals surface area contributed by atoms with Gasteiger partial charge >= 0.3 is 10.1 Å². The van der Waals surface area contributed by atoms with Crippen LogP contribution in [-0.2, 0) is 10.1 Å². The van der Waals surface area contributed by atoms with Crippen LogP contribution in [0.4, 0.5) is 0 Å². The van der Waals surface area contributed by atoms with Gasteiger partial charge in [0.1, 0.15) is 5.69 Å². The Bertz CT molecular complexity index is 1590. The third kappa shape index (κ3) is 5.28. The van der Waals surface area contributed by atoms with Gasteiger partial charge in [0.25, 0.3) is 5.88 Å². The summed E-state index contributed by atoms with van der Waals surface area (Å²) in [7, 11) is -3.75. The van der Waals surface area contributed by atoms with Crippen LogP contribution in [0.5, 0.6) is 5.88 Å². The summed E-state index contributed by atoms with van der Waals surface area (Å²) in [6.45, 7) is 0. The molecular weight excluding hydrogens is 456 g/mol. The molecule has 0 spiro atoms. The maximum atomic E-state index is 11.8. The molecule has 1 aromatic heterocycles. The number of aromatic nitrogens is 2. The summed E-state index contributed by atoms with van der Waals surface area (Å²) in [6.07, 6.45) is 2.33. The molecule has 0 bridgehead atoms. The minimum absolute atomic E-state index is 0.0735. The lowest BCUT2D eigenvalue weighted by atomic mass is 9.97. The van der Waals surface area contributed by atoms with Crippen LogP contribution in [0.3, 0.4) is 0 Å². The SMILES string of the molecule is CS(=O)(=O)Oc1cnc(-c2cccc(-c3ccccc3)c2)c(-c2cccc(-c3ccccc3)c2)n1. The smallest absolute Gasteiger partial charge is 0.307 e. The van der Waals surface area contributed by atoms with Gasteiger partial charge in [-0.2, -0.15) is 8.42 Å². The topological polar surface area (TPSA) is 69.2 Å². The Morgan fingerprint density at radius 2 is 1.03 bits per heavy atom. The van der Waals surface area contributed by atoms with Gasteiger partial charge in [0, 0.05) is 11.1 Å². The molecule has 0 fully saturated rings. The molecule has 0 aliphatic heterocycles. The molecule has 0 amide bonds. The third-order valence-electron chi connectivity index (χ3n) is 5.47. The molecule has 5 nitrogen and oxygen atoms in total. The van der Waals surface area contributed by atoms with Gasteiger partial charge in [-0.3, -0.25) is 0 Å². The first-order valence-corrected chi connectivity index (χ1v) is 12.9. The van der Waals surface area contributed by atoms with Crippen molar-refractivity contribution in [2.45, 2.75) is 0 Å². The molecule has 0 aliphatic carbocycles. The highest BCUT2D eigenvalue weighted by Crippen LogP contribution is 2.34. The van der Waals surface area contributed by atoms with Crippen LogP contribution < -0.4 is 4.18 Å². The molecule has 0 unspecified atom stereocenters. The molecule has 0 saturated carbocycles. The molecule has 0 atom stereocenters. The molecule has 1 heterocycles. The lowest BCUT2D eigenvalue weighted by molar-refractivity contribution is 0.481. The minimum Gasteiger partial charge on any atom is -0.360 e. The quantitative estimate of drug-likeness (QED) is 0.261. The normalized spacial score (nSPS) is 11.2. The van der Waals surface area contributed by atoms with Crippen LogP contribution in [-0.4, -0.2) is 24.6 Å². The van der Waals surface area contributed by atoms with E-state index in [4.69, 9.17) is 4.18 Å².